The van der Waals surface area contributed by atoms with E-state index in [0.29, 0.717) is 5.88 Å². The van der Waals surface area contributed by atoms with Crippen molar-refractivity contribution in [2.75, 3.05) is 5.88 Å². The van der Waals surface area contributed by atoms with Crippen molar-refractivity contribution in [2.24, 2.45) is 5.41 Å². The molecular weight excluding hydrogens is 132 g/mol. The SMILES string of the molecule is C=C(CCl)C(C)(C)CC. The van der Waals surface area contributed by atoms with E-state index in [1.54, 1.807) is 0 Å². The second kappa shape index (κ2) is 3.26. The van der Waals surface area contributed by atoms with E-state index in [-0.39, 0.29) is 5.41 Å². The summed E-state index contributed by atoms with van der Waals surface area (Å²) in [4.78, 5) is 0. The lowest BCUT2D eigenvalue weighted by Gasteiger charge is -2.23. The van der Waals surface area contributed by atoms with Gasteiger partial charge in [0, 0.05) is 5.88 Å². The van der Waals surface area contributed by atoms with Gasteiger partial charge in [0.2, 0.25) is 0 Å². The van der Waals surface area contributed by atoms with E-state index < -0.39 is 0 Å². The topological polar surface area (TPSA) is 0 Å². The van der Waals surface area contributed by atoms with E-state index in [4.69, 9.17) is 11.6 Å². The van der Waals surface area contributed by atoms with E-state index in [1.807, 2.05) is 0 Å². The molecule has 0 aromatic heterocycles. The molecule has 0 fully saturated rings. The minimum atomic E-state index is 0.224. The van der Waals surface area contributed by atoms with Gasteiger partial charge in [0.15, 0.2) is 0 Å². The predicted octanol–water partition coefficient (Wildman–Crippen LogP) is 3.22. The molecule has 0 rings (SSSR count). The van der Waals surface area contributed by atoms with Crippen molar-refractivity contribution in [2.45, 2.75) is 27.2 Å². The standard InChI is InChI=1S/C8H15Cl/c1-5-8(3,4)7(2)6-9/h2,5-6H2,1,3-4H3. The summed E-state index contributed by atoms with van der Waals surface area (Å²) in [5.74, 6) is 0.584. The molecule has 54 valence electrons. The van der Waals surface area contributed by atoms with Crippen LogP contribution in [0.3, 0.4) is 0 Å². The number of alkyl halides is 1. The van der Waals surface area contributed by atoms with E-state index in [9.17, 15) is 0 Å². The van der Waals surface area contributed by atoms with Crippen LogP contribution in [0, 0.1) is 5.41 Å². The number of hydrogen-bond acceptors (Lipinski definition) is 0. The van der Waals surface area contributed by atoms with Crippen molar-refractivity contribution in [1.82, 2.24) is 0 Å². The van der Waals surface area contributed by atoms with Crippen LogP contribution in [-0.2, 0) is 0 Å². The van der Waals surface area contributed by atoms with Crippen molar-refractivity contribution in [3.8, 4) is 0 Å². The first-order valence-electron chi connectivity index (χ1n) is 3.29. The second-order valence-corrected chi connectivity index (χ2v) is 3.24. The van der Waals surface area contributed by atoms with Crippen molar-refractivity contribution >= 4 is 11.6 Å². The smallest absolute Gasteiger partial charge is 0.0436 e. The largest absolute Gasteiger partial charge is 0.122 e. The third kappa shape index (κ3) is 2.40. The van der Waals surface area contributed by atoms with E-state index in [0.717, 1.165) is 12.0 Å². The van der Waals surface area contributed by atoms with Gasteiger partial charge in [-0.2, -0.15) is 0 Å². The zero-order valence-corrected chi connectivity index (χ0v) is 7.26. The summed E-state index contributed by atoms with van der Waals surface area (Å²) in [6.45, 7) is 10.4. The van der Waals surface area contributed by atoms with Gasteiger partial charge in [-0.15, -0.1) is 11.6 Å². The van der Waals surface area contributed by atoms with Gasteiger partial charge in [-0.3, -0.25) is 0 Å². The minimum Gasteiger partial charge on any atom is -0.122 e. The van der Waals surface area contributed by atoms with Gasteiger partial charge in [0.25, 0.3) is 0 Å². The van der Waals surface area contributed by atoms with E-state index >= 15 is 0 Å². The lowest BCUT2D eigenvalue weighted by Crippen LogP contribution is -2.13. The number of allylic oxidation sites excluding steroid dienone is 1. The summed E-state index contributed by atoms with van der Waals surface area (Å²) in [7, 11) is 0. The summed E-state index contributed by atoms with van der Waals surface area (Å²) in [5, 5.41) is 0. The van der Waals surface area contributed by atoms with Crippen molar-refractivity contribution in [3.63, 3.8) is 0 Å². The Morgan fingerprint density at radius 3 is 2.11 bits per heavy atom. The maximum Gasteiger partial charge on any atom is 0.0436 e. The van der Waals surface area contributed by atoms with Crippen molar-refractivity contribution in [3.05, 3.63) is 12.2 Å². The Morgan fingerprint density at radius 1 is 1.56 bits per heavy atom. The maximum absolute atomic E-state index is 5.62. The Balaban J connectivity index is 3.97. The summed E-state index contributed by atoms with van der Waals surface area (Å²) in [6, 6.07) is 0. The minimum absolute atomic E-state index is 0.224. The molecule has 0 N–H and O–H groups in total. The molecule has 9 heavy (non-hydrogen) atoms. The van der Waals surface area contributed by atoms with Gasteiger partial charge in [-0.25, -0.2) is 0 Å². The van der Waals surface area contributed by atoms with Gasteiger partial charge < -0.3 is 0 Å². The van der Waals surface area contributed by atoms with E-state index in [1.165, 1.54) is 0 Å². The number of hydrogen-bond donors (Lipinski definition) is 0. The Bertz CT molecular complexity index is 103. The van der Waals surface area contributed by atoms with Crippen molar-refractivity contribution in [1.29, 1.82) is 0 Å². The summed E-state index contributed by atoms with van der Waals surface area (Å²) >= 11 is 5.62. The molecule has 1 heteroatoms. The summed E-state index contributed by atoms with van der Waals surface area (Å²) in [5.41, 5.74) is 1.36. The van der Waals surface area contributed by atoms with E-state index in [2.05, 4.69) is 27.4 Å². The number of rotatable bonds is 3. The fourth-order valence-corrected chi connectivity index (χ4v) is 0.793. The van der Waals surface area contributed by atoms with Gasteiger partial charge in [0.05, 0.1) is 0 Å². The van der Waals surface area contributed by atoms with Gasteiger partial charge in [-0.05, 0) is 11.8 Å². The Morgan fingerprint density at radius 2 is 2.00 bits per heavy atom. The first kappa shape index (κ1) is 9.03. The van der Waals surface area contributed by atoms with Gasteiger partial charge >= 0.3 is 0 Å². The first-order valence-corrected chi connectivity index (χ1v) is 3.82. The van der Waals surface area contributed by atoms with Gasteiger partial charge in [-0.1, -0.05) is 32.9 Å². The highest BCUT2D eigenvalue weighted by Crippen LogP contribution is 2.28. The molecule has 0 saturated carbocycles. The molecule has 0 aromatic carbocycles. The Labute approximate surface area is 62.9 Å². The molecule has 0 spiro atoms. The number of halogens is 1. The van der Waals surface area contributed by atoms with Crippen LogP contribution in [0.15, 0.2) is 12.2 Å². The Kier molecular flexibility index (Phi) is 3.27. The average molecular weight is 147 g/mol. The molecule has 0 nitrogen and oxygen atoms in total. The zero-order chi connectivity index (χ0) is 7.49. The monoisotopic (exact) mass is 146 g/mol. The highest BCUT2D eigenvalue weighted by molar-refractivity contribution is 6.19. The molecule has 0 unspecified atom stereocenters. The maximum atomic E-state index is 5.62. The second-order valence-electron chi connectivity index (χ2n) is 2.97. The van der Waals surface area contributed by atoms with Crippen LogP contribution in [0.2, 0.25) is 0 Å². The third-order valence-corrected chi connectivity index (χ3v) is 2.32. The molecule has 0 aliphatic rings. The molecule has 0 saturated heterocycles. The van der Waals surface area contributed by atoms with Crippen LogP contribution < -0.4 is 0 Å². The van der Waals surface area contributed by atoms with Crippen LogP contribution in [-0.4, -0.2) is 5.88 Å². The molecule has 0 bridgehead atoms. The molecule has 0 amide bonds. The normalized spacial score (nSPS) is 11.6. The van der Waals surface area contributed by atoms with Crippen LogP contribution >= 0.6 is 11.6 Å². The molecule has 0 radical (unpaired) electrons. The van der Waals surface area contributed by atoms with Gasteiger partial charge in [0.1, 0.15) is 0 Å². The predicted molar refractivity (Wildman–Crippen MR) is 43.9 cm³/mol. The lowest BCUT2D eigenvalue weighted by atomic mass is 9.84. The van der Waals surface area contributed by atoms with Crippen LogP contribution in [0.5, 0.6) is 0 Å². The quantitative estimate of drug-likeness (QED) is 0.424. The van der Waals surface area contributed by atoms with Crippen LogP contribution in [0.25, 0.3) is 0 Å². The highest BCUT2D eigenvalue weighted by atomic mass is 35.5. The fraction of sp³-hybridized carbons (Fsp3) is 0.750. The fourth-order valence-electron chi connectivity index (χ4n) is 0.431. The zero-order valence-electron chi connectivity index (χ0n) is 6.50. The molecule has 0 aliphatic carbocycles. The lowest BCUT2D eigenvalue weighted by molar-refractivity contribution is 0.432. The van der Waals surface area contributed by atoms with Crippen LogP contribution in [0.1, 0.15) is 27.2 Å². The first-order chi connectivity index (χ1) is 4.04. The molecular formula is C8H15Cl. The molecule has 0 atom stereocenters. The summed E-state index contributed by atoms with van der Waals surface area (Å²) < 4.78 is 0. The average Bonchev–Trinajstić information content (AvgIpc) is 1.86. The Hall–Kier alpha value is 0.0300. The highest BCUT2D eigenvalue weighted by Gasteiger charge is 2.17. The summed E-state index contributed by atoms with van der Waals surface area (Å²) in [6.07, 6.45) is 1.11. The third-order valence-electron chi connectivity index (χ3n) is 2.00. The molecule has 0 aliphatic heterocycles. The molecule has 0 heterocycles. The molecule has 0 aromatic rings. The van der Waals surface area contributed by atoms with Crippen molar-refractivity contribution < 1.29 is 0 Å². The van der Waals surface area contributed by atoms with Crippen LogP contribution in [0.4, 0.5) is 0 Å².